The standard InChI is InChI=1S/C26H35N3O3S/c1-20-7-6-8-24(17-20)29-16-15-28(19-21(29)2)26(30)23-13-11-22(12-14-23)18-27-33(31,32)25-9-4-3-5-10-25/h3-10,17,21-23,27H,11-16,18-19H2,1-2H3/t21-,22?,23?/m0/s1. The van der Waals surface area contributed by atoms with Crippen LogP contribution in [0.3, 0.4) is 0 Å². The topological polar surface area (TPSA) is 69.7 Å². The van der Waals surface area contributed by atoms with Crippen molar-refractivity contribution in [3.05, 3.63) is 60.2 Å². The van der Waals surface area contributed by atoms with Crippen LogP contribution in [0.2, 0.25) is 0 Å². The van der Waals surface area contributed by atoms with Crippen LogP contribution in [0.5, 0.6) is 0 Å². The van der Waals surface area contributed by atoms with E-state index in [0.717, 1.165) is 45.3 Å². The normalized spacial score (nSPS) is 24.0. The Morgan fingerprint density at radius 1 is 1.00 bits per heavy atom. The molecule has 33 heavy (non-hydrogen) atoms. The Morgan fingerprint density at radius 2 is 1.73 bits per heavy atom. The first-order valence-electron chi connectivity index (χ1n) is 12.0. The van der Waals surface area contributed by atoms with Crippen molar-refractivity contribution in [2.75, 3.05) is 31.1 Å². The largest absolute Gasteiger partial charge is 0.365 e. The number of carbonyl (C=O) groups is 1. The summed E-state index contributed by atoms with van der Waals surface area (Å²) in [6.45, 7) is 7.10. The lowest BCUT2D eigenvalue weighted by Crippen LogP contribution is -2.55. The highest BCUT2D eigenvalue weighted by Gasteiger charge is 2.33. The highest BCUT2D eigenvalue weighted by atomic mass is 32.2. The molecule has 0 unspecified atom stereocenters. The van der Waals surface area contributed by atoms with E-state index < -0.39 is 10.0 Å². The summed E-state index contributed by atoms with van der Waals surface area (Å²) in [5.74, 6) is 0.614. The van der Waals surface area contributed by atoms with Crippen LogP contribution in [-0.2, 0) is 14.8 Å². The Kier molecular flexibility index (Phi) is 7.39. The third kappa shape index (κ3) is 5.76. The first kappa shape index (κ1) is 23.8. The van der Waals surface area contributed by atoms with Crippen molar-refractivity contribution in [3.63, 3.8) is 0 Å². The zero-order valence-corrected chi connectivity index (χ0v) is 20.4. The molecule has 4 rings (SSSR count). The first-order chi connectivity index (χ1) is 15.8. The minimum absolute atomic E-state index is 0.0599. The van der Waals surface area contributed by atoms with E-state index in [0.29, 0.717) is 11.4 Å². The summed E-state index contributed by atoms with van der Waals surface area (Å²) < 4.78 is 27.7. The van der Waals surface area contributed by atoms with E-state index in [1.54, 1.807) is 30.3 Å². The van der Waals surface area contributed by atoms with Gasteiger partial charge in [0.2, 0.25) is 15.9 Å². The Balaban J connectivity index is 1.25. The van der Waals surface area contributed by atoms with Crippen molar-refractivity contribution in [3.8, 4) is 0 Å². The molecular weight excluding hydrogens is 434 g/mol. The second-order valence-electron chi connectivity index (χ2n) is 9.55. The molecule has 1 heterocycles. The molecule has 1 saturated heterocycles. The number of amides is 1. The maximum Gasteiger partial charge on any atom is 0.240 e. The number of piperazine rings is 1. The van der Waals surface area contributed by atoms with Gasteiger partial charge < -0.3 is 9.80 Å². The van der Waals surface area contributed by atoms with Gasteiger partial charge in [-0.25, -0.2) is 13.1 Å². The lowest BCUT2D eigenvalue weighted by atomic mass is 9.81. The molecule has 7 heteroatoms. The predicted octanol–water partition coefficient (Wildman–Crippen LogP) is 3.82. The molecule has 1 aliphatic carbocycles. The fourth-order valence-corrected chi connectivity index (χ4v) is 6.27. The molecule has 2 aromatic carbocycles. The fourth-order valence-electron chi connectivity index (χ4n) is 5.13. The Labute approximate surface area is 198 Å². The van der Waals surface area contributed by atoms with Gasteiger partial charge in [-0.2, -0.15) is 0 Å². The lowest BCUT2D eigenvalue weighted by molar-refractivity contribution is -0.137. The number of nitrogens with zero attached hydrogens (tertiary/aromatic N) is 2. The molecule has 0 spiro atoms. The number of sulfonamides is 1. The summed E-state index contributed by atoms with van der Waals surface area (Å²) >= 11 is 0. The minimum Gasteiger partial charge on any atom is -0.365 e. The van der Waals surface area contributed by atoms with Crippen LogP contribution in [0, 0.1) is 18.8 Å². The number of aryl methyl sites for hydroxylation is 1. The predicted molar refractivity (Wildman–Crippen MR) is 132 cm³/mol. The molecule has 1 N–H and O–H groups in total. The van der Waals surface area contributed by atoms with Crippen molar-refractivity contribution >= 4 is 21.6 Å². The average Bonchev–Trinajstić information content (AvgIpc) is 2.83. The van der Waals surface area contributed by atoms with E-state index in [4.69, 9.17) is 0 Å². The van der Waals surface area contributed by atoms with Gasteiger partial charge in [-0.3, -0.25) is 4.79 Å². The van der Waals surface area contributed by atoms with Gasteiger partial charge in [0.15, 0.2) is 0 Å². The lowest BCUT2D eigenvalue weighted by Gasteiger charge is -2.43. The molecule has 2 aromatic rings. The second-order valence-corrected chi connectivity index (χ2v) is 11.3. The molecule has 178 valence electrons. The Hall–Kier alpha value is -2.38. The van der Waals surface area contributed by atoms with Gasteiger partial charge in [0.1, 0.15) is 0 Å². The third-order valence-corrected chi connectivity index (χ3v) is 8.52. The molecule has 1 aliphatic heterocycles. The molecule has 2 fully saturated rings. The van der Waals surface area contributed by atoms with Crippen LogP contribution < -0.4 is 9.62 Å². The fraction of sp³-hybridized carbons (Fsp3) is 0.500. The van der Waals surface area contributed by atoms with Crippen LogP contribution in [0.4, 0.5) is 5.69 Å². The van der Waals surface area contributed by atoms with Gasteiger partial charge in [0.05, 0.1) is 4.90 Å². The van der Waals surface area contributed by atoms with Crippen LogP contribution in [0.1, 0.15) is 38.2 Å². The molecule has 0 bridgehead atoms. The van der Waals surface area contributed by atoms with Gasteiger partial charge in [0, 0.05) is 43.8 Å². The molecule has 6 nitrogen and oxygen atoms in total. The summed E-state index contributed by atoms with van der Waals surface area (Å²) in [7, 11) is -3.47. The summed E-state index contributed by atoms with van der Waals surface area (Å²) in [6.07, 6.45) is 3.44. The average molecular weight is 470 g/mol. The number of hydrogen-bond donors (Lipinski definition) is 1. The van der Waals surface area contributed by atoms with Crippen molar-refractivity contribution in [1.29, 1.82) is 0 Å². The van der Waals surface area contributed by atoms with Crippen LogP contribution >= 0.6 is 0 Å². The van der Waals surface area contributed by atoms with Gasteiger partial charge in [-0.05, 0) is 75.3 Å². The highest BCUT2D eigenvalue weighted by Crippen LogP contribution is 2.31. The van der Waals surface area contributed by atoms with E-state index in [2.05, 4.69) is 47.7 Å². The molecule has 0 aromatic heterocycles. The minimum atomic E-state index is -3.47. The number of benzene rings is 2. The molecule has 1 atom stereocenters. The van der Waals surface area contributed by atoms with E-state index in [9.17, 15) is 13.2 Å². The summed E-state index contributed by atoms with van der Waals surface area (Å²) in [6, 6.07) is 17.3. The van der Waals surface area contributed by atoms with Gasteiger partial charge >= 0.3 is 0 Å². The second kappa shape index (κ2) is 10.3. The number of rotatable bonds is 6. The molecule has 2 aliphatic rings. The number of carbonyl (C=O) groups excluding carboxylic acids is 1. The van der Waals surface area contributed by atoms with Crippen LogP contribution in [0.15, 0.2) is 59.5 Å². The first-order valence-corrected chi connectivity index (χ1v) is 13.5. The van der Waals surface area contributed by atoms with Gasteiger partial charge in [-0.15, -0.1) is 0 Å². The van der Waals surface area contributed by atoms with Crippen molar-refractivity contribution in [2.45, 2.75) is 50.5 Å². The number of hydrogen-bond acceptors (Lipinski definition) is 4. The zero-order valence-electron chi connectivity index (χ0n) is 19.6. The highest BCUT2D eigenvalue weighted by molar-refractivity contribution is 7.89. The van der Waals surface area contributed by atoms with Crippen LogP contribution in [0.25, 0.3) is 0 Å². The molecule has 1 amide bonds. The summed E-state index contributed by atoms with van der Waals surface area (Å²) in [5.41, 5.74) is 2.48. The summed E-state index contributed by atoms with van der Waals surface area (Å²) in [4.78, 5) is 17.9. The molecule has 1 saturated carbocycles. The number of nitrogens with one attached hydrogen (secondary N) is 1. The SMILES string of the molecule is Cc1cccc(N2CCN(C(=O)C3CCC(CNS(=O)(=O)c4ccccc4)CC3)C[C@@H]2C)c1. The Morgan fingerprint density at radius 3 is 2.39 bits per heavy atom. The van der Waals surface area contributed by atoms with Crippen molar-refractivity contribution < 1.29 is 13.2 Å². The quantitative estimate of drug-likeness (QED) is 0.698. The van der Waals surface area contributed by atoms with E-state index in [1.807, 2.05) is 4.90 Å². The van der Waals surface area contributed by atoms with Crippen LogP contribution in [-0.4, -0.2) is 51.4 Å². The molecular formula is C26H35N3O3S. The van der Waals surface area contributed by atoms with Crippen molar-refractivity contribution in [1.82, 2.24) is 9.62 Å². The summed E-state index contributed by atoms with van der Waals surface area (Å²) in [5, 5.41) is 0. The van der Waals surface area contributed by atoms with Gasteiger partial charge in [0.25, 0.3) is 0 Å². The zero-order chi connectivity index (χ0) is 23.4. The van der Waals surface area contributed by atoms with Gasteiger partial charge in [-0.1, -0.05) is 30.3 Å². The monoisotopic (exact) mass is 469 g/mol. The molecule has 0 radical (unpaired) electrons. The van der Waals surface area contributed by atoms with E-state index in [1.165, 1.54) is 11.3 Å². The Bertz CT molecular complexity index is 1050. The third-order valence-electron chi connectivity index (χ3n) is 7.08. The van der Waals surface area contributed by atoms with E-state index in [-0.39, 0.29) is 23.8 Å². The van der Waals surface area contributed by atoms with Crippen molar-refractivity contribution in [2.24, 2.45) is 11.8 Å². The number of anilines is 1. The maximum atomic E-state index is 13.2. The smallest absolute Gasteiger partial charge is 0.240 e. The maximum absolute atomic E-state index is 13.2. The van der Waals surface area contributed by atoms with E-state index >= 15 is 0 Å².